The van der Waals surface area contributed by atoms with Crippen LogP contribution in [0.3, 0.4) is 0 Å². The lowest BCUT2D eigenvalue weighted by atomic mass is 10.1. The number of benzene rings is 4. The summed E-state index contributed by atoms with van der Waals surface area (Å²) in [6.07, 6.45) is 17.2. The van der Waals surface area contributed by atoms with Gasteiger partial charge in [0.15, 0.2) is 11.5 Å². The van der Waals surface area contributed by atoms with Gasteiger partial charge < -0.3 is 63.5 Å². The van der Waals surface area contributed by atoms with E-state index in [0.29, 0.717) is 13.3 Å². The fourth-order valence-electron chi connectivity index (χ4n) is 8.63. The van der Waals surface area contributed by atoms with Gasteiger partial charge in [-0.05, 0) is 36.4 Å². The normalized spacial score (nSPS) is 18.3. The van der Waals surface area contributed by atoms with Gasteiger partial charge in [-0.1, -0.05) is 24.3 Å². The first-order valence-corrected chi connectivity index (χ1v) is 19.5. The van der Waals surface area contributed by atoms with E-state index in [1.165, 1.54) is 22.7 Å². The summed E-state index contributed by atoms with van der Waals surface area (Å²) in [5.41, 5.74) is 11.2. The molecule has 10 rings (SSSR count). The Morgan fingerprint density at radius 2 is 0.667 bits per heavy atom. The molecular formula is C44H50N12O. The third-order valence-electron chi connectivity index (χ3n) is 11.5. The second-order valence-corrected chi connectivity index (χ2v) is 15.9. The van der Waals surface area contributed by atoms with Gasteiger partial charge in [0.25, 0.3) is 0 Å². The summed E-state index contributed by atoms with van der Waals surface area (Å²) in [6.45, 7) is 4.37. The monoisotopic (exact) mass is 762 g/mol. The van der Waals surface area contributed by atoms with Crippen molar-refractivity contribution in [2.24, 2.45) is 0 Å². The first kappa shape index (κ1) is 34.7. The Kier molecular flexibility index (Phi) is 8.20. The van der Waals surface area contributed by atoms with Crippen molar-refractivity contribution < 1.29 is 4.74 Å². The summed E-state index contributed by atoms with van der Waals surface area (Å²) >= 11 is 0. The van der Waals surface area contributed by atoms with Gasteiger partial charge >= 0.3 is 0 Å². The van der Waals surface area contributed by atoms with Crippen LogP contribution in [0.25, 0.3) is 0 Å². The molecule has 0 amide bonds. The number of ether oxygens (including phenoxy) is 1. The van der Waals surface area contributed by atoms with E-state index in [2.05, 4.69) is 223 Å². The highest BCUT2D eigenvalue weighted by Crippen LogP contribution is 2.52. The molecule has 6 heterocycles. The highest BCUT2D eigenvalue weighted by Gasteiger charge is 2.33. The van der Waals surface area contributed by atoms with Crippen molar-refractivity contribution in [2.45, 2.75) is 0 Å². The fourth-order valence-corrected chi connectivity index (χ4v) is 8.63. The van der Waals surface area contributed by atoms with Gasteiger partial charge in [0, 0.05) is 104 Å². The lowest BCUT2D eigenvalue weighted by Crippen LogP contribution is -2.29. The van der Waals surface area contributed by atoms with Gasteiger partial charge in [-0.25, -0.2) is 0 Å². The molecule has 0 spiro atoms. The number of rotatable bonds is 8. The second-order valence-electron chi connectivity index (χ2n) is 15.9. The van der Waals surface area contributed by atoms with Crippen molar-refractivity contribution >= 4 is 56.9 Å². The largest absolute Gasteiger partial charge is 0.453 e. The Labute approximate surface area is 335 Å². The standard InChI is InChI=1S/C44H50N12O/c1-45-15-19-51(27-45)37-25-43(41(53-21-17-47(3)29-53)23-39(37)55-31-49(5)33-11-7-9-13-35(33)55)57-44-26-38(52-20-16-46(2)28-52)40(24-42(44)54-22-18-48(4)30-54)56-32-50(6)34-12-8-10-14-36(34)56/h7-26H,27-32H2,1-6H3. The average Bonchev–Trinajstić information content (AvgIpc) is 4.09. The van der Waals surface area contributed by atoms with Gasteiger partial charge in [0.2, 0.25) is 0 Å². The molecule has 0 saturated heterocycles. The van der Waals surface area contributed by atoms with Crippen LogP contribution in [-0.2, 0) is 0 Å². The quantitative estimate of drug-likeness (QED) is 0.181. The first-order chi connectivity index (χ1) is 27.7. The minimum absolute atomic E-state index is 0.710. The number of hydrogen-bond acceptors (Lipinski definition) is 13. The van der Waals surface area contributed by atoms with Crippen LogP contribution in [0.2, 0.25) is 0 Å². The minimum Gasteiger partial charge on any atom is -0.453 e. The summed E-state index contributed by atoms with van der Waals surface area (Å²) in [5, 5.41) is 0. The van der Waals surface area contributed by atoms with Crippen LogP contribution in [0.4, 0.5) is 56.9 Å². The molecule has 0 aliphatic carbocycles. The molecule has 4 aromatic carbocycles. The van der Waals surface area contributed by atoms with Crippen molar-refractivity contribution in [1.29, 1.82) is 0 Å². The maximum atomic E-state index is 7.43. The highest BCUT2D eigenvalue weighted by atomic mass is 16.5. The van der Waals surface area contributed by atoms with E-state index in [1.807, 2.05) is 0 Å². The predicted octanol–water partition coefficient (Wildman–Crippen LogP) is 7.29. The summed E-state index contributed by atoms with van der Waals surface area (Å²) in [5.74, 6) is 1.57. The molecule has 0 fully saturated rings. The van der Waals surface area contributed by atoms with Crippen molar-refractivity contribution in [3.05, 3.63) is 122 Å². The van der Waals surface area contributed by atoms with Gasteiger partial charge in [-0.3, -0.25) is 0 Å². The van der Waals surface area contributed by atoms with Crippen LogP contribution >= 0.6 is 0 Å². The topological polar surface area (TPSA) is 48.1 Å². The molecule has 57 heavy (non-hydrogen) atoms. The smallest absolute Gasteiger partial charge is 0.153 e. The Bertz CT molecular complexity index is 2180. The third kappa shape index (κ3) is 6.01. The Morgan fingerprint density at radius 1 is 0.333 bits per heavy atom. The number of nitrogens with zero attached hydrogens (tertiary/aromatic N) is 12. The van der Waals surface area contributed by atoms with Crippen LogP contribution in [0.1, 0.15) is 0 Å². The molecule has 0 unspecified atom stereocenters. The van der Waals surface area contributed by atoms with E-state index in [4.69, 9.17) is 4.74 Å². The molecular weight excluding hydrogens is 713 g/mol. The average molecular weight is 763 g/mol. The molecule has 0 saturated carbocycles. The molecule has 6 aliphatic heterocycles. The summed E-state index contributed by atoms with van der Waals surface area (Å²) in [4.78, 5) is 27.5. The van der Waals surface area contributed by atoms with E-state index >= 15 is 0 Å². The van der Waals surface area contributed by atoms with E-state index in [0.717, 1.165) is 72.3 Å². The zero-order valence-electron chi connectivity index (χ0n) is 33.6. The number of fused-ring (bicyclic) bond motifs is 2. The molecule has 0 bridgehead atoms. The molecule has 0 aromatic heterocycles. The van der Waals surface area contributed by atoms with Crippen molar-refractivity contribution in [3.63, 3.8) is 0 Å². The van der Waals surface area contributed by atoms with Crippen molar-refractivity contribution in [1.82, 2.24) is 19.6 Å². The molecule has 13 heteroatoms. The van der Waals surface area contributed by atoms with E-state index in [1.54, 1.807) is 0 Å². The first-order valence-electron chi connectivity index (χ1n) is 19.5. The summed E-state index contributed by atoms with van der Waals surface area (Å²) in [6, 6.07) is 26.5. The van der Waals surface area contributed by atoms with Crippen LogP contribution in [0, 0.1) is 0 Å². The Hall–Kier alpha value is -6.76. The SMILES string of the molecule is CN1C=CN(c2cc(N3CN(C)c4ccccc43)c(N3C=CN(C)C3)cc2Oc2cc(N3C=CN(C)C3)c(N3CN(C)c4ccccc43)cc2N2C=CN(C)C2)C1. The maximum Gasteiger partial charge on any atom is 0.153 e. The van der Waals surface area contributed by atoms with Gasteiger partial charge in [0.1, 0.15) is 0 Å². The minimum atomic E-state index is 0.710. The molecule has 4 aromatic rings. The molecule has 0 N–H and O–H groups in total. The summed E-state index contributed by atoms with van der Waals surface area (Å²) in [7, 11) is 12.8. The van der Waals surface area contributed by atoms with Gasteiger partial charge in [-0.15, -0.1) is 0 Å². The molecule has 0 radical (unpaired) electrons. The molecule has 0 atom stereocenters. The summed E-state index contributed by atoms with van der Waals surface area (Å²) < 4.78 is 7.43. The van der Waals surface area contributed by atoms with Crippen LogP contribution in [0.15, 0.2) is 122 Å². The van der Waals surface area contributed by atoms with E-state index in [9.17, 15) is 0 Å². The molecule has 13 nitrogen and oxygen atoms in total. The maximum absolute atomic E-state index is 7.43. The second kappa shape index (κ2) is 13.5. The van der Waals surface area contributed by atoms with Crippen molar-refractivity contribution in [2.75, 3.05) is 121 Å². The zero-order valence-corrected chi connectivity index (χ0v) is 33.6. The fraction of sp³-hybridized carbons (Fsp3) is 0.273. The predicted molar refractivity (Wildman–Crippen MR) is 234 cm³/mol. The van der Waals surface area contributed by atoms with Crippen LogP contribution < -0.4 is 43.9 Å². The molecule has 6 aliphatic rings. The van der Waals surface area contributed by atoms with E-state index in [-0.39, 0.29) is 0 Å². The van der Waals surface area contributed by atoms with Crippen molar-refractivity contribution in [3.8, 4) is 11.5 Å². The lowest BCUT2D eigenvalue weighted by Gasteiger charge is -2.32. The number of para-hydroxylation sites is 4. The Morgan fingerprint density at radius 3 is 1.00 bits per heavy atom. The lowest BCUT2D eigenvalue weighted by molar-refractivity contribution is 0.465. The van der Waals surface area contributed by atoms with Gasteiger partial charge in [-0.2, -0.15) is 0 Å². The highest BCUT2D eigenvalue weighted by molar-refractivity contribution is 5.93. The number of anilines is 10. The van der Waals surface area contributed by atoms with Crippen LogP contribution in [0.5, 0.6) is 11.5 Å². The van der Waals surface area contributed by atoms with Gasteiger partial charge in [0.05, 0.1) is 96.9 Å². The zero-order chi connectivity index (χ0) is 38.9. The van der Waals surface area contributed by atoms with E-state index < -0.39 is 0 Å². The Balaban J connectivity index is 1.16. The van der Waals surface area contributed by atoms with Crippen LogP contribution in [-0.4, -0.2) is 102 Å². The third-order valence-corrected chi connectivity index (χ3v) is 11.5. The molecule has 292 valence electrons. The number of hydrogen-bond donors (Lipinski definition) is 0.